The van der Waals surface area contributed by atoms with Gasteiger partial charge in [-0.2, -0.15) is 11.8 Å². The van der Waals surface area contributed by atoms with Crippen molar-refractivity contribution in [2.75, 3.05) is 25.7 Å². The molecule has 0 aliphatic carbocycles. The molecule has 6 nitrogen and oxygen atoms in total. The minimum atomic E-state index is -0.228. The van der Waals surface area contributed by atoms with E-state index in [2.05, 4.69) is 17.0 Å². The molecule has 0 saturated carbocycles. The molecule has 0 fully saturated rings. The lowest BCUT2D eigenvalue weighted by atomic mass is 10.1. The fourth-order valence-electron chi connectivity index (χ4n) is 4.22. The lowest BCUT2D eigenvalue weighted by Crippen LogP contribution is -2.18. The van der Waals surface area contributed by atoms with Crippen LogP contribution < -0.4 is 9.64 Å². The van der Waals surface area contributed by atoms with E-state index in [4.69, 9.17) is 31.0 Å². The third kappa shape index (κ3) is 3.80. The number of anilines is 2. The number of rotatable bonds is 5. The summed E-state index contributed by atoms with van der Waals surface area (Å²) < 4.78 is 10.1. The third-order valence-corrected chi connectivity index (χ3v) is 7.10. The van der Waals surface area contributed by atoms with E-state index in [1.807, 2.05) is 36.0 Å². The second kappa shape index (κ2) is 8.64. The molecule has 3 aromatic rings. The average Bonchev–Trinajstić information content (AvgIpc) is 3.45. The van der Waals surface area contributed by atoms with E-state index < -0.39 is 0 Å². The molecule has 8 heteroatoms. The predicted octanol–water partition coefficient (Wildman–Crippen LogP) is 4.96. The van der Waals surface area contributed by atoms with E-state index in [1.165, 1.54) is 18.2 Å². The number of halogens is 1. The quantitative estimate of drug-likeness (QED) is 0.491. The first-order chi connectivity index (χ1) is 15.6. The lowest BCUT2D eigenvalue weighted by Gasteiger charge is -2.22. The summed E-state index contributed by atoms with van der Waals surface area (Å²) in [6.07, 6.45) is 1.19. The Kier molecular flexibility index (Phi) is 5.69. The highest BCUT2D eigenvalue weighted by Crippen LogP contribution is 2.42. The predicted molar refractivity (Wildman–Crippen MR) is 127 cm³/mol. The van der Waals surface area contributed by atoms with E-state index in [0.717, 1.165) is 52.8 Å². The second-order valence-corrected chi connectivity index (χ2v) is 9.15. The summed E-state index contributed by atoms with van der Waals surface area (Å²) in [6.45, 7) is 0.841. The number of carbonyl (C=O) groups excluding carboxylic acids is 1. The van der Waals surface area contributed by atoms with Crippen molar-refractivity contribution in [1.29, 1.82) is 0 Å². The van der Waals surface area contributed by atoms with Gasteiger partial charge >= 0.3 is 5.97 Å². The van der Waals surface area contributed by atoms with Crippen molar-refractivity contribution < 1.29 is 14.3 Å². The van der Waals surface area contributed by atoms with Gasteiger partial charge in [0.25, 0.3) is 0 Å². The second-order valence-electron chi connectivity index (χ2n) is 7.76. The molecule has 2 aliphatic heterocycles. The van der Waals surface area contributed by atoms with Gasteiger partial charge in [0.2, 0.25) is 0 Å². The van der Waals surface area contributed by atoms with E-state index in [-0.39, 0.29) is 12.4 Å². The number of carbonyl (C=O) groups is 1. The Bertz CT molecular complexity index is 1220. The first-order valence-corrected chi connectivity index (χ1v) is 11.9. The topological polar surface area (TPSA) is 64.5 Å². The lowest BCUT2D eigenvalue weighted by molar-refractivity contribution is -0.139. The van der Waals surface area contributed by atoms with Crippen molar-refractivity contribution in [1.82, 2.24) is 9.97 Å². The number of nitrogens with zero attached hydrogens (tertiary/aromatic N) is 3. The summed E-state index contributed by atoms with van der Waals surface area (Å²) in [5, 5.41) is 0.537. The number of benzene rings is 2. The van der Waals surface area contributed by atoms with Crippen molar-refractivity contribution in [3.8, 4) is 17.1 Å². The van der Waals surface area contributed by atoms with E-state index >= 15 is 0 Å². The number of methoxy groups -OCH3 is 2. The number of hydrogen-bond donors (Lipinski definition) is 0. The molecule has 3 heterocycles. The van der Waals surface area contributed by atoms with Crippen molar-refractivity contribution in [2.45, 2.75) is 24.3 Å². The Morgan fingerprint density at radius 3 is 2.81 bits per heavy atom. The van der Waals surface area contributed by atoms with Gasteiger partial charge in [-0.05, 0) is 41.8 Å². The van der Waals surface area contributed by atoms with Gasteiger partial charge in [-0.1, -0.05) is 23.7 Å². The molecular weight excluding hydrogens is 446 g/mol. The Morgan fingerprint density at radius 2 is 2.03 bits per heavy atom. The van der Waals surface area contributed by atoms with Crippen LogP contribution in [0.25, 0.3) is 11.4 Å². The van der Waals surface area contributed by atoms with Crippen molar-refractivity contribution in [3.63, 3.8) is 0 Å². The molecule has 0 saturated heterocycles. The van der Waals surface area contributed by atoms with Gasteiger partial charge in [-0.15, -0.1) is 0 Å². The highest BCUT2D eigenvalue weighted by molar-refractivity contribution is 7.98. The standard InChI is InChI=1S/C24H22ClN3O3S/c1-30-21-6-4-16(11-18(21)25)23-26-19-13-32-12-17(19)24(27-23)28-8-7-15-9-14(3-5-20(15)28)10-22(29)31-2/h3-6,9,11H,7-8,10,12-13H2,1-2H3. The summed E-state index contributed by atoms with van der Waals surface area (Å²) in [6, 6.07) is 11.8. The number of ether oxygens (including phenoxy) is 2. The Hall–Kier alpha value is -2.77. The molecule has 2 aliphatic rings. The van der Waals surface area contributed by atoms with Gasteiger partial charge in [0, 0.05) is 34.9 Å². The molecule has 0 radical (unpaired) electrons. The highest BCUT2D eigenvalue weighted by atomic mass is 35.5. The first kappa shape index (κ1) is 21.1. The van der Waals surface area contributed by atoms with Crippen LogP contribution in [-0.2, 0) is 33.9 Å². The van der Waals surface area contributed by atoms with Crippen LogP contribution in [0.15, 0.2) is 36.4 Å². The van der Waals surface area contributed by atoms with Crippen LogP contribution in [0.2, 0.25) is 5.02 Å². The van der Waals surface area contributed by atoms with Gasteiger partial charge in [-0.25, -0.2) is 9.97 Å². The third-order valence-electron chi connectivity index (χ3n) is 5.84. The summed E-state index contributed by atoms with van der Waals surface area (Å²) in [5.41, 5.74) is 6.47. The summed E-state index contributed by atoms with van der Waals surface area (Å²) in [5.74, 6) is 3.81. The van der Waals surface area contributed by atoms with Crippen LogP contribution in [0, 0.1) is 0 Å². The smallest absolute Gasteiger partial charge is 0.309 e. The fourth-order valence-corrected chi connectivity index (χ4v) is 5.51. The van der Waals surface area contributed by atoms with Crippen LogP contribution in [0.5, 0.6) is 5.75 Å². The van der Waals surface area contributed by atoms with Crippen LogP contribution >= 0.6 is 23.4 Å². The molecule has 2 aromatic carbocycles. The number of hydrogen-bond acceptors (Lipinski definition) is 7. The molecule has 0 N–H and O–H groups in total. The zero-order valence-corrected chi connectivity index (χ0v) is 19.4. The molecule has 164 valence electrons. The molecular formula is C24H22ClN3O3S. The molecule has 32 heavy (non-hydrogen) atoms. The SMILES string of the molecule is COC(=O)Cc1ccc2c(c1)CCN2c1nc(-c2ccc(OC)c(Cl)c2)nc2c1CSC2. The van der Waals surface area contributed by atoms with Gasteiger partial charge in [0.1, 0.15) is 11.6 Å². The number of fused-ring (bicyclic) bond motifs is 2. The molecule has 5 rings (SSSR count). The minimum absolute atomic E-state index is 0.228. The maximum atomic E-state index is 11.7. The van der Waals surface area contributed by atoms with Crippen LogP contribution in [-0.4, -0.2) is 36.7 Å². The monoisotopic (exact) mass is 467 g/mol. The fraction of sp³-hybridized carbons (Fsp3) is 0.292. The summed E-state index contributed by atoms with van der Waals surface area (Å²) in [4.78, 5) is 23.8. The molecule has 1 aromatic heterocycles. The Morgan fingerprint density at radius 1 is 1.16 bits per heavy atom. The van der Waals surface area contributed by atoms with Crippen LogP contribution in [0.3, 0.4) is 0 Å². The van der Waals surface area contributed by atoms with Crippen LogP contribution in [0.1, 0.15) is 22.4 Å². The van der Waals surface area contributed by atoms with Gasteiger partial charge in [0.05, 0.1) is 31.4 Å². The molecule has 0 atom stereocenters. The maximum Gasteiger partial charge on any atom is 0.309 e. The Balaban J connectivity index is 1.54. The Labute approximate surface area is 195 Å². The van der Waals surface area contributed by atoms with E-state index in [0.29, 0.717) is 16.6 Å². The van der Waals surface area contributed by atoms with Crippen molar-refractivity contribution in [3.05, 3.63) is 63.8 Å². The van der Waals surface area contributed by atoms with Crippen molar-refractivity contribution in [2.24, 2.45) is 0 Å². The van der Waals surface area contributed by atoms with Gasteiger partial charge in [-0.3, -0.25) is 4.79 Å². The van der Waals surface area contributed by atoms with Gasteiger partial charge in [0.15, 0.2) is 5.82 Å². The zero-order chi connectivity index (χ0) is 22.2. The number of esters is 1. The number of aromatic nitrogens is 2. The van der Waals surface area contributed by atoms with E-state index in [9.17, 15) is 4.79 Å². The maximum absolute atomic E-state index is 11.7. The molecule has 0 unspecified atom stereocenters. The van der Waals surface area contributed by atoms with Crippen molar-refractivity contribution >= 4 is 40.8 Å². The normalized spacial score (nSPS) is 14.3. The van der Waals surface area contributed by atoms with Gasteiger partial charge < -0.3 is 14.4 Å². The molecule has 0 bridgehead atoms. The molecule has 0 spiro atoms. The van der Waals surface area contributed by atoms with E-state index in [1.54, 1.807) is 7.11 Å². The largest absolute Gasteiger partial charge is 0.495 e. The number of thioether (sulfide) groups is 1. The first-order valence-electron chi connectivity index (χ1n) is 10.3. The van der Waals surface area contributed by atoms with Crippen LogP contribution in [0.4, 0.5) is 11.5 Å². The molecule has 0 amide bonds. The average molecular weight is 468 g/mol. The summed E-state index contributed by atoms with van der Waals surface area (Å²) in [7, 11) is 3.02. The zero-order valence-electron chi connectivity index (χ0n) is 17.9. The minimum Gasteiger partial charge on any atom is -0.495 e. The highest BCUT2D eigenvalue weighted by Gasteiger charge is 2.29. The summed E-state index contributed by atoms with van der Waals surface area (Å²) >= 11 is 8.22.